The Bertz CT molecular complexity index is 443. The van der Waals surface area contributed by atoms with Gasteiger partial charge in [0.2, 0.25) is 0 Å². The highest BCUT2D eigenvalue weighted by Crippen LogP contribution is 2.10. The van der Waals surface area contributed by atoms with E-state index < -0.39 is 0 Å². The summed E-state index contributed by atoms with van der Waals surface area (Å²) in [6, 6.07) is 4.00. The van der Waals surface area contributed by atoms with Gasteiger partial charge >= 0.3 is 0 Å². The largest absolute Gasteiger partial charge is 0.256 e. The molecule has 0 amide bonds. The van der Waals surface area contributed by atoms with Gasteiger partial charge in [0.1, 0.15) is 0 Å². The van der Waals surface area contributed by atoms with E-state index in [0.717, 1.165) is 11.3 Å². The number of rotatable bonds is 0. The first-order valence-corrected chi connectivity index (χ1v) is 5.26. The van der Waals surface area contributed by atoms with Gasteiger partial charge in [-0.25, -0.2) is 0 Å². The van der Waals surface area contributed by atoms with E-state index in [-0.39, 0.29) is 0 Å². The van der Waals surface area contributed by atoms with Crippen LogP contribution < -0.4 is 0 Å². The van der Waals surface area contributed by atoms with Gasteiger partial charge in [-0.05, 0) is 12.1 Å². The van der Waals surface area contributed by atoms with Crippen LogP contribution in [0.25, 0.3) is 12.2 Å². The van der Waals surface area contributed by atoms with Gasteiger partial charge in [-0.2, -0.15) is 0 Å². The Labute approximate surface area is 95.8 Å². The second-order valence-corrected chi connectivity index (χ2v) is 3.35. The molecule has 78 valence electrons. The van der Waals surface area contributed by atoms with Gasteiger partial charge < -0.3 is 0 Å². The molecule has 1 aromatic rings. The van der Waals surface area contributed by atoms with Crippen LogP contribution in [-0.4, -0.2) is 4.98 Å². The molecule has 2 rings (SSSR count). The van der Waals surface area contributed by atoms with Gasteiger partial charge in [-0.3, -0.25) is 4.98 Å². The minimum Gasteiger partial charge on any atom is -0.256 e. The number of pyridine rings is 1. The Morgan fingerprint density at radius 3 is 2.06 bits per heavy atom. The number of nitrogens with zero attached hydrogens (tertiary/aromatic N) is 1. The molecule has 0 saturated heterocycles. The smallest absolute Gasteiger partial charge is 0.0701 e. The van der Waals surface area contributed by atoms with Crippen LogP contribution in [-0.2, 0) is 0 Å². The fourth-order valence-corrected chi connectivity index (χ4v) is 1.40. The summed E-state index contributed by atoms with van der Waals surface area (Å²) in [5, 5.41) is 0. The first-order chi connectivity index (χ1) is 7.97. The molecule has 0 N–H and O–H groups in total. The van der Waals surface area contributed by atoms with Crippen molar-refractivity contribution in [3.8, 4) is 0 Å². The van der Waals surface area contributed by atoms with Crippen molar-refractivity contribution in [3.05, 3.63) is 78.2 Å². The molecule has 0 fully saturated rings. The normalized spacial score (nSPS) is 24.2. The van der Waals surface area contributed by atoms with E-state index in [1.807, 2.05) is 66.9 Å². The molecule has 0 atom stereocenters. The molecule has 0 spiro atoms. The van der Waals surface area contributed by atoms with Crippen LogP contribution in [0.1, 0.15) is 11.3 Å². The third-order valence-corrected chi connectivity index (χ3v) is 2.18. The summed E-state index contributed by atoms with van der Waals surface area (Å²) < 4.78 is 0. The topological polar surface area (TPSA) is 12.9 Å². The molecule has 1 heterocycles. The quantitative estimate of drug-likeness (QED) is 0.630. The minimum absolute atomic E-state index is 0.987. The number of aromatic nitrogens is 1. The molecule has 1 aliphatic carbocycles. The monoisotopic (exact) mass is 207 g/mol. The van der Waals surface area contributed by atoms with Crippen molar-refractivity contribution in [2.75, 3.05) is 0 Å². The molecular weight excluding hydrogens is 194 g/mol. The van der Waals surface area contributed by atoms with Gasteiger partial charge in [-0.1, -0.05) is 60.8 Å². The van der Waals surface area contributed by atoms with Crippen LogP contribution in [0.2, 0.25) is 0 Å². The van der Waals surface area contributed by atoms with Crippen molar-refractivity contribution in [2.45, 2.75) is 0 Å². The predicted octanol–water partition coefficient (Wildman–Crippen LogP) is 3.79. The third-order valence-electron chi connectivity index (χ3n) is 2.18. The van der Waals surface area contributed by atoms with Gasteiger partial charge in [-0.15, -0.1) is 0 Å². The average Bonchev–Trinajstić information content (AvgIpc) is 2.30. The number of fused-ring (bicyclic) bond motifs is 1. The molecule has 1 nitrogen and oxygen atoms in total. The summed E-state index contributed by atoms with van der Waals surface area (Å²) >= 11 is 0. The van der Waals surface area contributed by atoms with Gasteiger partial charge in [0.25, 0.3) is 0 Å². The zero-order valence-electron chi connectivity index (χ0n) is 8.95. The van der Waals surface area contributed by atoms with E-state index in [1.54, 1.807) is 0 Å². The van der Waals surface area contributed by atoms with Crippen LogP contribution in [0.4, 0.5) is 0 Å². The summed E-state index contributed by atoms with van der Waals surface area (Å²) in [7, 11) is 0. The van der Waals surface area contributed by atoms with Gasteiger partial charge in [0, 0.05) is 11.8 Å². The fraction of sp³-hybridized carbons (Fsp3) is 0. The van der Waals surface area contributed by atoms with Crippen molar-refractivity contribution in [3.63, 3.8) is 0 Å². The predicted molar refractivity (Wildman–Crippen MR) is 69.7 cm³/mol. The molecule has 1 aromatic heterocycles. The molecule has 16 heavy (non-hydrogen) atoms. The summed E-state index contributed by atoms with van der Waals surface area (Å²) in [4.78, 5) is 4.33. The molecule has 0 bridgehead atoms. The molecular formula is C15H13N. The summed E-state index contributed by atoms with van der Waals surface area (Å²) in [6.45, 7) is 0. The lowest BCUT2D eigenvalue weighted by molar-refractivity contribution is 1.28. The van der Waals surface area contributed by atoms with E-state index >= 15 is 0 Å². The van der Waals surface area contributed by atoms with Gasteiger partial charge in [0.15, 0.2) is 0 Å². The van der Waals surface area contributed by atoms with Crippen LogP contribution in [0.5, 0.6) is 0 Å². The second kappa shape index (κ2) is 5.66. The molecule has 1 heteroatoms. The Morgan fingerprint density at radius 2 is 1.31 bits per heavy atom. The lowest BCUT2D eigenvalue weighted by Gasteiger charge is -1.97. The van der Waals surface area contributed by atoms with Crippen LogP contribution in [0, 0.1) is 0 Å². The summed E-state index contributed by atoms with van der Waals surface area (Å²) in [5.74, 6) is 0. The molecule has 0 saturated carbocycles. The van der Waals surface area contributed by atoms with Crippen molar-refractivity contribution < 1.29 is 0 Å². The molecule has 1 aliphatic rings. The maximum absolute atomic E-state index is 4.33. The van der Waals surface area contributed by atoms with E-state index in [4.69, 9.17) is 0 Å². The number of hydrogen-bond donors (Lipinski definition) is 0. The first kappa shape index (κ1) is 10.4. The third kappa shape index (κ3) is 2.92. The Balaban J connectivity index is 2.39. The van der Waals surface area contributed by atoms with E-state index in [9.17, 15) is 0 Å². The SMILES string of the molecule is C1=C\C=C/C=C\c2ncccc2/C=C\C=C/1. The van der Waals surface area contributed by atoms with Crippen molar-refractivity contribution in [1.29, 1.82) is 0 Å². The lowest BCUT2D eigenvalue weighted by atomic mass is 10.1. The molecule has 0 radical (unpaired) electrons. The summed E-state index contributed by atoms with van der Waals surface area (Å²) in [5.41, 5.74) is 2.11. The van der Waals surface area contributed by atoms with Crippen molar-refractivity contribution in [2.24, 2.45) is 0 Å². The molecule has 0 unspecified atom stereocenters. The van der Waals surface area contributed by atoms with E-state index in [2.05, 4.69) is 17.1 Å². The Kier molecular flexibility index (Phi) is 3.67. The lowest BCUT2D eigenvalue weighted by Crippen LogP contribution is -1.84. The maximum atomic E-state index is 4.33. The molecule has 0 aromatic carbocycles. The van der Waals surface area contributed by atoms with Gasteiger partial charge in [0.05, 0.1) is 5.69 Å². The highest BCUT2D eigenvalue weighted by Gasteiger charge is 1.93. The molecule has 0 aliphatic heterocycles. The number of allylic oxidation sites excluding steroid dienone is 8. The number of hydrogen-bond acceptors (Lipinski definition) is 1. The standard InChI is InChI=1S/C15H13N/c1-2-4-6-8-12-15-14(10-7-5-3-1)11-9-13-16-15/h1-13H/b2-1-,3-1?,4-2?,5-3-,6-4-,7-5?,8-6?,10-7-,12-8-,14-10?,15-12?. The zero-order valence-corrected chi connectivity index (χ0v) is 8.95. The van der Waals surface area contributed by atoms with Crippen molar-refractivity contribution in [1.82, 2.24) is 4.98 Å². The summed E-state index contributed by atoms with van der Waals surface area (Å²) in [6.07, 6.45) is 21.9. The van der Waals surface area contributed by atoms with Crippen LogP contribution in [0.15, 0.2) is 66.9 Å². The van der Waals surface area contributed by atoms with E-state index in [0.29, 0.717) is 0 Å². The Hall–Kier alpha value is -2.15. The zero-order chi connectivity index (χ0) is 11.1. The van der Waals surface area contributed by atoms with Crippen molar-refractivity contribution >= 4 is 12.2 Å². The highest BCUT2D eigenvalue weighted by molar-refractivity contribution is 5.63. The fourth-order valence-electron chi connectivity index (χ4n) is 1.40. The van der Waals surface area contributed by atoms with Crippen LogP contribution in [0.3, 0.4) is 0 Å². The average molecular weight is 207 g/mol. The first-order valence-electron chi connectivity index (χ1n) is 5.26. The highest BCUT2D eigenvalue weighted by atomic mass is 14.7. The van der Waals surface area contributed by atoms with E-state index in [1.165, 1.54) is 0 Å². The minimum atomic E-state index is 0.987. The Morgan fingerprint density at radius 1 is 0.688 bits per heavy atom. The van der Waals surface area contributed by atoms with Crippen LogP contribution >= 0.6 is 0 Å². The maximum Gasteiger partial charge on any atom is 0.0701 e. The second-order valence-electron chi connectivity index (χ2n) is 3.35.